The quantitative estimate of drug-likeness (QED) is 0.456. The molecule has 4 aromatic rings. The summed E-state index contributed by atoms with van der Waals surface area (Å²) in [4.78, 5) is 28.5. The molecule has 0 saturated carbocycles. The van der Waals surface area contributed by atoms with Crippen LogP contribution in [0.25, 0.3) is 11.0 Å². The third-order valence-corrected chi connectivity index (χ3v) is 5.95. The van der Waals surface area contributed by atoms with Crippen LogP contribution in [0.4, 0.5) is 4.39 Å². The normalized spacial score (nSPS) is 15.2. The van der Waals surface area contributed by atoms with E-state index >= 15 is 0 Å². The number of halogens is 2. The van der Waals surface area contributed by atoms with Crippen molar-refractivity contribution in [1.29, 1.82) is 0 Å². The van der Waals surface area contributed by atoms with Gasteiger partial charge in [-0.25, -0.2) is 4.39 Å². The van der Waals surface area contributed by atoms with Gasteiger partial charge in [0.15, 0.2) is 16.9 Å². The maximum Gasteiger partial charge on any atom is 0.291 e. The summed E-state index contributed by atoms with van der Waals surface area (Å²) < 4.78 is 24.5. The summed E-state index contributed by atoms with van der Waals surface area (Å²) in [5.41, 5.74) is 1.27. The molecule has 1 aromatic heterocycles. The van der Waals surface area contributed by atoms with Crippen LogP contribution in [0.1, 0.15) is 33.3 Å². The number of benzene rings is 3. The first-order valence-electron chi connectivity index (χ1n) is 10.1. The number of phenols is 1. The second-order valence-electron chi connectivity index (χ2n) is 7.71. The van der Waals surface area contributed by atoms with Crippen LogP contribution in [0.15, 0.2) is 69.9 Å². The predicted octanol–water partition coefficient (Wildman–Crippen LogP) is 5.05. The van der Waals surface area contributed by atoms with Gasteiger partial charge in [0.1, 0.15) is 11.4 Å². The summed E-state index contributed by atoms with van der Waals surface area (Å²) in [6.07, 6.45) is 0. The molecule has 0 fully saturated rings. The molecule has 1 amide bonds. The van der Waals surface area contributed by atoms with Gasteiger partial charge in [0.2, 0.25) is 5.76 Å². The zero-order valence-corrected chi connectivity index (χ0v) is 18.1. The Morgan fingerprint density at radius 2 is 1.85 bits per heavy atom. The number of nitrogens with zero attached hydrogens (tertiary/aromatic N) is 1. The number of hydrogen-bond acceptors (Lipinski definition) is 5. The molecule has 1 atom stereocenters. The third-order valence-electron chi connectivity index (χ3n) is 5.71. The van der Waals surface area contributed by atoms with Gasteiger partial charge >= 0.3 is 0 Å². The van der Waals surface area contributed by atoms with Crippen molar-refractivity contribution in [2.24, 2.45) is 0 Å². The van der Waals surface area contributed by atoms with Gasteiger partial charge in [0, 0.05) is 11.6 Å². The van der Waals surface area contributed by atoms with Gasteiger partial charge < -0.3 is 19.2 Å². The molecule has 0 unspecified atom stereocenters. The molecule has 33 heavy (non-hydrogen) atoms. The Bertz CT molecular complexity index is 1460. The average Bonchev–Trinajstić information content (AvgIpc) is 3.08. The number of carbonyl (C=O) groups excluding carboxylic acids is 1. The number of ether oxygens (including phenoxy) is 1. The summed E-state index contributed by atoms with van der Waals surface area (Å²) in [5.74, 6) is -0.805. The lowest BCUT2D eigenvalue weighted by Gasteiger charge is -2.25. The van der Waals surface area contributed by atoms with Crippen LogP contribution in [0.3, 0.4) is 0 Å². The van der Waals surface area contributed by atoms with Crippen molar-refractivity contribution in [2.45, 2.75) is 12.6 Å². The van der Waals surface area contributed by atoms with Crippen LogP contribution in [0.2, 0.25) is 5.02 Å². The van der Waals surface area contributed by atoms with Crippen molar-refractivity contribution in [3.63, 3.8) is 0 Å². The first kappa shape index (κ1) is 21.0. The molecule has 1 N–H and O–H groups in total. The van der Waals surface area contributed by atoms with Crippen molar-refractivity contribution < 1.29 is 23.4 Å². The van der Waals surface area contributed by atoms with Crippen molar-refractivity contribution in [2.75, 3.05) is 7.11 Å². The van der Waals surface area contributed by atoms with Gasteiger partial charge in [-0.1, -0.05) is 29.8 Å². The van der Waals surface area contributed by atoms with Gasteiger partial charge in [-0.15, -0.1) is 0 Å². The molecule has 0 radical (unpaired) electrons. The fourth-order valence-electron chi connectivity index (χ4n) is 4.15. The Kier molecular flexibility index (Phi) is 5.06. The first-order valence-corrected chi connectivity index (χ1v) is 10.4. The number of methoxy groups -OCH3 is 1. The van der Waals surface area contributed by atoms with E-state index in [1.54, 1.807) is 36.4 Å². The summed E-state index contributed by atoms with van der Waals surface area (Å²) in [6.45, 7) is 0.105. The molecule has 6 nitrogen and oxygen atoms in total. The van der Waals surface area contributed by atoms with Crippen molar-refractivity contribution in [1.82, 2.24) is 4.90 Å². The molecule has 2 heterocycles. The van der Waals surface area contributed by atoms with Crippen LogP contribution in [-0.2, 0) is 6.54 Å². The topological polar surface area (TPSA) is 80.0 Å². The molecule has 1 aliphatic rings. The van der Waals surface area contributed by atoms with Crippen LogP contribution in [0.5, 0.6) is 11.5 Å². The minimum Gasteiger partial charge on any atom is -0.504 e. The van der Waals surface area contributed by atoms with Gasteiger partial charge in [0.05, 0.1) is 24.1 Å². The number of phenolic OH excluding ortho intramolecular Hbond substituents is 1. The Morgan fingerprint density at radius 3 is 2.58 bits per heavy atom. The number of rotatable bonds is 4. The van der Waals surface area contributed by atoms with E-state index in [9.17, 15) is 19.1 Å². The molecule has 0 saturated heterocycles. The minimum absolute atomic E-state index is 0.0611. The number of aromatic hydroxyl groups is 1. The van der Waals surface area contributed by atoms with E-state index in [0.29, 0.717) is 16.1 Å². The lowest BCUT2D eigenvalue weighted by Crippen LogP contribution is -2.29. The lowest BCUT2D eigenvalue weighted by molar-refractivity contribution is 0.0714. The van der Waals surface area contributed by atoms with Gasteiger partial charge in [-0.05, 0) is 53.6 Å². The molecule has 1 aliphatic heterocycles. The van der Waals surface area contributed by atoms with E-state index in [4.69, 9.17) is 20.8 Å². The third kappa shape index (κ3) is 3.50. The number of amides is 1. The predicted molar refractivity (Wildman–Crippen MR) is 120 cm³/mol. The van der Waals surface area contributed by atoms with E-state index in [1.807, 2.05) is 0 Å². The molecule has 0 spiro atoms. The van der Waals surface area contributed by atoms with Crippen LogP contribution in [0, 0.1) is 5.82 Å². The molecule has 166 valence electrons. The fraction of sp³-hybridized carbons (Fsp3) is 0.120. The zero-order valence-electron chi connectivity index (χ0n) is 17.3. The van der Waals surface area contributed by atoms with E-state index in [0.717, 1.165) is 0 Å². The zero-order chi connectivity index (χ0) is 23.3. The van der Waals surface area contributed by atoms with Gasteiger partial charge in [-0.2, -0.15) is 0 Å². The van der Waals surface area contributed by atoms with Crippen molar-refractivity contribution >= 4 is 28.5 Å². The Morgan fingerprint density at radius 1 is 1.09 bits per heavy atom. The summed E-state index contributed by atoms with van der Waals surface area (Å²) >= 11 is 6.10. The highest BCUT2D eigenvalue weighted by Crippen LogP contribution is 2.41. The van der Waals surface area contributed by atoms with E-state index in [1.165, 1.54) is 36.3 Å². The molecule has 8 heteroatoms. The Labute approximate surface area is 192 Å². The average molecular weight is 466 g/mol. The van der Waals surface area contributed by atoms with Crippen LogP contribution >= 0.6 is 11.6 Å². The second kappa shape index (κ2) is 7.94. The maximum atomic E-state index is 13.5. The largest absolute Gasteiger partial charge is 0.504 e. The van der Waals surface area contributed by atoms with E-state index in [-0.39, 0.29) is 45.8 Å². The second-order valence-corrected chi connectivity index (χ2v) is 8.14. The van der Waals surface area contributed by atoms with Crippen molar-refractivity contribution in [3.8, 4) is 11.5 Å². The number of fused-ring (bicyclic) bond motifs is 2. The van der Waals surface area contributed by atoms with E-state index < -0.39 is 17.8 Å². The molecule has 0 aliphatic carbocycles. The molecule has 5 rings (SSSR count). The monoisotopic (exact) mass is 465 g/mol. The highest BCUT2D eigenvalue weighted by atomic mass is 35.5. The Balaban J connectivity index is 1.73. The SMILES string of the molecule is COc1cc([C@H]2c3c(oc4ccc(Cl)cc4c3=O)C(=O)N2Cc2ccc(F)cc2)ccc1O. The number of hydrogen-bond donors (Lipinski definition) is 1. The highest BCUT2D eigenvalue weighted by Gasteiger charge is 2.43. The first-order chi connectivity index (χ1) is 15.9. The van der Waals surface area contributed by atoms with Crippen molar-refractivity contribution in [3.05, 3.63) is 104 Å². The van der Waals surface area contributed by atoms with E-state index in [2.05, 4.69) is 0 Å². The highest BCUT2D eigenvalue weighted by molar-refractivity contribution is 6.31. The molecule has 3 aromatic carbocycles. The molecular formula is C25H17ClFNO5. The smallest absolute Gasteiger partial charge is 0.291 e. The van der Waals surface area contributed by atoms with Gasteiger partial charge in [-0.3, -0.25) is 9.59 Å². The molecular weight excluding hydrogens is 449 g/mol. The maximum absolute atomic E-state index is 13.5. The molecule has 0 bridgehead atoms. The minimum atomic E-state index is -0.813. The fourth-order valence-corrected chi connectivity index (χ4v) is 4.33. The Hall–Kier alpha value is -3.84. The van der Waals surface area contributed by atoms with Crippen LogP contribution < -0.4 is 10.2 Å². The summed E-state index contributed by atoms with van der Waals surface area (Å²) in [6, 6.07) is 14.2. The summed E-state index contributed by atoms with van der Waals surface area (Å²) in [7, 11) is 1.41. The van der Waals surface area contributed by atoms with Gasteiger partial charge in [0.25, 0.3) is 5.91 Å². The summed E-state index contributed by atoms with van der Waals surface area (Å²) in [5, 5.41) is 10.7. The van der Waals surface area contributed by atoms with Crippen LogP contribution in [-0.4, -0.2) is 23.0 Å². The standard InChI is InChI=1S/C25H17ClFNO5/c1-32-20-10-14(4-8-18(20)29)22-21-23(30)17-11-15(26)5-9-19(17)33-24(21)25(31)28(22)12-13-2-6-16(27)7-3-13/h2-11,22,29H,12H2,1H3/t22-/m0/s1. The number of carbonyl (C=O) groups is 1. The lowest BCUT2D eigenvalue weighted by atomic mass is 9.97.